The number of carbonyl (C=O) groups is 10. The Morgan fingerprint density at radius 1 is 0.590 bits per heavy atom. The molecule has 0 saturated heterocycles. The van der Waals surface area contributed by atoms with Crippen molar-refractivity contribution in [2.24, 2.45) is 11.5 Å². The van der Waals surface area contributed by atoms with E-state index in [1.54, 1.807) is 73.3 Å². The number of primary amides is 1. The number of rotatable bonds is 33. The lowest BCUT2D eigenvalue weighted by molar-refractivity contribution is -0.141. The van der Waals surface area contributed by atoms with Crippen LogP contribution in [-0.2, 0) is 77.6 Å². The zero-order chi connectivity index (χ0) is 57.5. The number of thioether (sulfide) groups is 2. The minimum atomic E-state index is -4.87. The molecular formula is C49H62N10O16S3. The van der Waals surface area contributed by atoms with Gasteiger partial charge in [-0.05, 0) is 71.7 Å². The van der Waals surface area contributed by atoms with Crippen LogP contribution in [0.15, 0.2) is 85.1 Å². The van der Waals surface area contributed by atoms with Gasteiger partial charge in [-0.15, -0.1) is 0 Å². The normalized spacial score (nSPS) is 13.9. The van der Waals surface area contributed by atoms with Gasteiger partial charge in [-0.3, -0.25) is 52.5 Å². The van der Waals surface area contributed by atoms with Gasteiger partial charge in [0.05, 0.1) is 25.4 Å². The molecule has 1 aromatic heterocycles. The Balaban J connectivity index is 1.54. The van der Waals surface area contributed by atoms with Gasteiger partial charge in [0.2, 0.25) is 47.3 Å². The van der Waals surface area contributed by atoms with Gasteiger partial charge in [-0.25, -0.2) is 0 Å². The number of nitrogens with one attached hydrogen (secondary N) is 8. The summed E-state index contributed by atoms with van der Waals surface area (Å²) in [7, 11) is -4.87. The maximum absolute atomic E-state index is 14.3. The van der Waals surface area contributed by atoms with Crippen LogP contribution in [0.5, 0.6) is 5.75 Å². The Bertz CT molecular complexity index is 2880. The number of carboxylic acid groups (broad SMARTS) is 2. The molecule has 29 heteroatoms. The molecule has 4 rings (SSSR count). The summed E-state index contributed by atoms with van der Waals surface area (Å²) < 4.78 is 35.8. The first-order valence-corrected chi connectivity index (χ1v) is 28.0. The lowest BCUT2D eigenvalue weighted by atomic mass is 10.0. The first-order chi connectivity index (χ1) is 37.0. The highest BCUT2D eigenvalue weighted by Gasteiger charge is 2.34. The summed E-state index contributed by atoms with van der Waals surface area (Å²) in [5.41, 5.74) is 13.5. The fourth-order valence-electron chi connectivity index (χ4n) is 7.63. The number of aliphatic carboxylic acids is 2. The van der Waals surface area contributed by atoms with Crippen molar-refractivity contribution in [3.05, 3.63) is 102 Å². The van der Waals surface area contributed by atoms with Crippen molar-refractivity contribution in [3.63, 3.8) is 0 Å². The number of aromatic nitrogens is 1. The molecule has 26 nitrogen and oxygen atoms in total. The van der Waals surface area contributed by atoms with Gasteiger partial charge in [0.15, 0.2) is 0 Å². The molecule has 78 heavy (non-hydrogen) atoms. The highest BCUT2D eigenvalue weighted by Crippen LogP contribution is 2.20. The van der Waals surface area contributed by atoms with E-state index in [-0.39, 0.29) is 43.6 Å². The van der Waals surface area contributed by atoms with E-state index in [4.69, 9.17) is 16.0 Å². The Morgan fingerprint density at radius 2 is 1.08 bits per heavy atom. The van der Waals surface area contributed by atoms with Crippen LogP contribution in [0.2, 0.25) is 0 Å². The lowest BCUT2D eigenvalue weighted by Crippen LogP contribution is -2.59. The number of amides is 8. The number of aromatic amines is 1. The minimum Gasteiger partial charge on any atom is -0.481 e. The van der Waals surface area contributed by atoms with Crippen LogP contribution in [0.4, 0.5) is 0 Å². The molecule has 7 unspecified atom stereocenters. The summed E-state index contributed by atoms with van der Waals surface area (Å²) in [5.74, 6) is -10.2. The van der Waals surface area contributed by atoms with E-state index < -0.39 is 131 Å². The monoisotopic (exact) mass is 1140 g/mol. The SMILES string of the molecule is CSCCC(NC(=O)C(Cc1ccc(OS(=O)(=O)O)cc1)NC(=O)C(N)CC(=O)O)C(=O)NCC(=O)NC(Cc1c[nH]c2ccccc12)C(=O)NC(CCSC)C(=O)NC(CC(=O)O)C(=O)NC(Cc1ccccc1)C(N)=O. The van der Waals surface area contributed by atoms with Crippen LogP contribution in [-0.4, -0.2) is 160 Å². The third kappa shape index (κ3) is 21.4. The quantitative estimate of drug-likeness (QED) is 0.0246. The van der Waals surface area contributed by atoms with Crippen LogP contribution >= 0.6 is 23.5 Å². The number of carboxylic acids is 2. The largest absolute Gasteiger partial charge is 0.481 e. The predicted octanol–water partition coefficient (Wildman–Crippen LogP) is -1.33. The molecule has 0 fully saturated rings. The first-order valence-electron chi connectivity index (χ1n) is 23.9. The molecule has 8 amide bonds. The molecule has 0 spiro atoms. The van der Waals surface area contributed by atoms with E-state index in [1.807, 2.05) is 0 Å². The number of fused-ring (bicyclic) bond motifs is 1. The van der Waals surface area contributed by atoms with Gasteiger partial charge in [0.1, 0.15) is 42.0 Å². The van der Waals surface area contributed by atoms with Crippen molar-refractivity contribution in [1.82, 2.24) is 42.2 Å². The topological polar surface area (TPSA) is 427 Å². The lowest BCUT2D eigenvalue weighted by Gasteiger charge is -2.26. The van der Waals surface area contributed by atoms with E-state index >= 15 is 0 Å². The van der Waals surface area contributed by atoms with Gasteiger partial charge in [-0.1, -0.05) is 60.7 Å². The van der Waals surface area contributed by atoms with Crippen molar-refractivity contribution in [1.29, 1.82) is 0 Å². The van der Waals surface area contributed by atoms with E-state index in [2.05, 4.69) is 46.4 Å². The molecule has 0 radical (unpaired) electrons. The summed E-state index contributed by atoms with van der Waals surface area (Å²) in [6.07, 6.45) is 2.78. The van der Waals surface area contributed by atoms with Gasteiger partial charge >= 0.3 is 22.3 Å². The fraction of sp³-hybridized carbons (Fsp3) is 0.388. The molecule has 4 aromatic rings. The standard InChI is InChI=1S/C49H62N10O16S3/c1-76-18-16-34(55-47(69)37(58-44(66)32(50)23-41(61)62)21-28-12-14-30(15-13-28)75-78(72,73)74)45(67)53-26-40(60)54-38(22-29-25-52-33-11-7-6-10-31(29)33)48(70)56-35(17-19-77-2)46(68)59-39(24-42(63)64)49(71)57-36(43(51)65)20-27-8-4-3-5-9-27/h3-15,25,32,34-39,52H,16-24,26,50H2,1-2H3,(H2,51,65)(H,53,67)(H,54,60)(H,55,69)(H,56,70)(H,57,71)(H,58,66)(H,59,68)(H,61,62)(H,63,64)(H,72,73,74). The molecule has 422 valence electrons. The molecule has 0 aliphatic heterocycles. The number of hydrogen-bond acceptors (Lipinski definition) is 16. The number of benzene rings is 3. The van der Waals surface area contributed by atoms with Crippen molar-refractivity contribution < 1.29 is 75.3 Å². The summed E-state index contributed by atoms with van der Waals surface area (Å²) in [6, 6.07) is 10.2. The smallest absolute Gasteiger partial charge is 0.446 e. The highest BCUT2D eigenvalue weighted by molar-refractivity contribution is 7.98. The zero-order valence-corrected chi connectivity index (χ0v) is 44.7. The molecule has 0 saturated carbocycles. The molecular weight excluding hydrogens is 1080 g/mol. The third-order valence-electron chi connectivity index (χ3n) is 11.5. The van der Waals surface area contributed by atoms with Crippen molar-refractivity contribution in [2.75, 3.05) is 30.6 Å². The Kier molecular flexibility index (Phi) is 24.9. The Morgan fingerprint density at radius 3 is 1.65 bits per heavy atom. The second kappa shape index (κ2) is 30.9. The average molecular weight is 1140 g/mol. The average Bonchev–Trinajstić information content (AvgIpc) is 3.80. The van der Waals surface area contributed by atoms with Gasteiger partial charge < -0.3 is 68.1 Å². The Labute approximate surface area is 456 Å². The number of nitrogens with two attached hydrogens (primary N) is 2. The summed E-state index contributed by atoms with van der Waals surface area (Å²) in [6.45, 7) is -0.761. The van der Waals surface area contributed by atoms with Crippen molar-refractivity contribution >= 4 is 104 Å². The van der Waals surface area contributed by atoms with Crippen LogP contribution in [0.1, 0.15) is 42.4 Å². The fourth-order valence-corrected chi connectivity index (χ4v) is 8.92. The van der Waals surface area contributed by atoms with Crippen molar-refractivity contribution in [2.45, 2.75) is 87.2 Å². The number of carbonyl (C=O) groups excluding carboxylic acids is 8. The van der Waals surface area contributed by atoms with E-state index in [1.165, 1.54) is 35.7 Å². The van der Waals surface area contributed by atoms with E-state index in [9.17, 15) is 66.6 Å². The van der Waals surface area contributed by atoms with E-state index in [0.717, 1.165) is 12.1 Å². The summed E-state index contributed by atoms with van der Waals surface area (Å²) in [4.78, 5) is 135. The van der Waals surface area contributed by atoms with Crippen molar-refractivity contribution in [3.8, 4) is 5.75 Å². The minimum absolute atomic E-state index is 0.0132. The highest BCUT2D eigenvalue weighted by atomic mass is 32.3. The molecule has 7 atom stereocenters. The van der Waals surface area contributed by atoms with Crippen LogP contribution in [0, 0.1) is 0 Å². The molecule has 0 bridgehead atoms. The number of para-hydroxylation sites is 1. The second-order valence-electron chi connectivity index (χ2n) is 17.5. The maximum atomic E-state index is 14.3. The summed E-state index contributed by atoms with van der Waals surface area (Å²) >= 11 is 2.61. The number of hydrogen-bond donors (Lipinski definition) is 13. The van der Waals surface area contributed by atoms with Crippen LogP contribution < -0.4 is 52.9 Å². The van der Waals surface area contributed by atoms with Gasteiger partial charge in [-0.2, -0.15) is 31.9 Å². The van der Waals surface area contributed by atoms with Crippen LogP contribution in [0.25, 0.3) is 10.9 Å². The molecule has 1 heterocycles. The van der Waals surface area contributed by atoms with Gasteiger partial charge in [0, 0.05) is 36.4 Å². The molecule has 15 N–H and O–H groups in total. The first kappa shape index (κ1) is 62.8. The maximum Gasteiger partial charge on any atom is 0.446 e. The Hall–Kier alpha value is -7.73. The van der Waals surface area contributed by atoms with Crippen LogP contribution in [0.3, 0.4) is 0 Å². The third-order valence-corrected chi connectivity index (χ3v) is 13.2. The number of H-pyrrole nitrogens is 1. The zero-order valence-electron chi connectivity index (χ0n) is 42.2. The molecule has 0 aliphatic rings. The molecule has 3 aromatic carbocycles. The van der Waals surface area contributed by atoms with Gasteiger partial charge in [0.25, 0.3) is 0 Å². The summed E-state index contributed by atoms with van der Waals surface area (Å²) in [5, 5.41) is 37.0. The molecule has 0 aliphatic carbocycles. The second-order valence-corrected chi connectivity index (χ2v) is 20.5. The van der Waals surface area contributed by atoms with E-state index in [0.29, 0.717) is 33.3 Å². The predicted molar refractivity (Wildman–Crippen MR) is 287 cm³/mol.